The van der Waals surface area contributed by atoms with Crippen LogP contribution in [0.4, 0.5) is 0 Å². The van der Waals surface area contributed by atoms with Crippen molar-refractivity contribution in [3.05, 3.63) is 33.3 Å². The van der Waals surface area contributed by atoms with E-state index in [1.807, 2.05) is 19.2 Å². The number of likely N-dealkylation sites (N-methyl/N-ethyl adjacent to an activating group) is 1. The van der Waals surface area contributed by atoms with Gasteiger partial charge >= 0.3 is 0 Å². The molecule has 19 heavy (non-hydrogen) atoms. The van der Waals surface area contributed by atoms with E-state index in [0.29, 0.717) is 12.1 Å². The standard InChI is InChI=1S/C15H21BrClNO/c1-18-13(6-7-14-3-2-8-19-14)9-11-4-5-12(16)10-15(11)17/h4-5,10,13-14,18H,2-3,6-9H2,1H3. The zero-order valence-corrected chi connectivity index (χ0v) is 13.6. The third-order valence-corrected chi connectivity index (χ3v) is 4.60. The average Bonchev–Trinajstić information content (AvgIpc) is 2.90. The molecule has 2 nitrogen and oxygen atoms in total. The Morgan fingerprint density at radius 2 is 2.37 bits per heavy atom. The molecule has 1 aromatic rings. The van der Waals surface area contributed by atoms with E-state index in [9.17, 15) is 0 Å². The second-order valence-corrected chi connectivity index (χ2v) is 6.46. The molecule has 1 N–H and O–H groups in total. The fraction of sp³-hybridized carbons (Fsp3) is 0.600. The Balaban J connectivity index is 1.86. The number of nitrogens with one attached hydrogen (secondary N) is 1. The van der Waals surface area contributed by atoms with Crippen LogP contribution in [0.3, 0.4) is 0 Å². The van der Waals surface area contributed by atoms with E-state index in [1.54, 1.807) is 0 Å². The van der Waals surface area contributed by atoms with Crippen LogP contribution in [0.5, 0.6) is 0 Å². The van der Waals surface area contributed by atoms with Crippen molar-refractivity contribution in [1.82, 2.24) is 5.32 Å². The minimum atomic E-state index is 0.461. The average molecular weight is 347 g/mol. The maximum absolute atomic E-state index is 6.28. The predicted molar refractivity (Wildman–Crippen MR) is 83.9 cm³/mol. The molecule has 2 rings (SSSR count). The molecule has 1 aromatic carbocycles. The van der Waals surface area contributed by atoms with Gasteiger partial charge in [-0.05, 0) is 56.8 Å². The Morgan fingerprint density at radius 3 is 3.00 bits per heavy atom. The highest BCUT2D eigenvalue weighted by Crippen LogP contribution is 2.24. The lowest BCUT2D eigenvalue weighted by Crippen LogP contribution is -2.29. The second-order valence-electron chi connectivity index (χ2n) is 5.14. The van der Waals surface area contributed by atoms with Gasteiger partial charge in [-0.15, -0.1) is 0 Å². The summed E-state index contributed by atoms with van der Waals surface area (Å²) in [6.07, 6.45) is 6.14. The van der Waals surface area contributed by atoms with Gasteiger partial charge in [0.2, 0.25) is 0 Å². The van der Waals surface area contributed by atoms with Gasteiger partial charge in [0, 0.05) is 22.1 Å². The van der Waals surface area contributed by atoms with Crippen molar-refractivity contribution in [2.24, 2.45) is 0 Å². The van der Waals surface area contributed by atoms with Crippen molar-refractivity contribution < 1.29 is 4.74 Å². The highest BCUT2D eigenvalue weighted by atomic mass is 79.9. The predicted octanol–water partition coefficient (Wildman–Crippen LogP) is 4.19. The number of benzene rings is 1. The Labute approximate surface area is 129 Å². The first-order valence-electron chi connectivity index (χ1n) is 6.92. The van der Waals surface area contributed by atoms with E-state index in [0.717, 1.165) is 35.4 Å². The SMILES string of the molecule is CNC(CCC1CCCO1)Cc1ccc(Br)cc1Cl. The van der Waals surface area contributed by atoms with E-state index in [1.165, 1.54) is 18.4 Å². The molecule has 0 bridgehead atoms. The minimum Gasteiger partial charge on any atom is -0.378 e. The smallest absolute Gasteiger partial charge is 0.0576 e. The first-order valence-corrected chi connectivity index (χ1v) is 8.09. The molecule has 0 aliphatic carbocycles. The van der Waals surface area contributed by atoms with Gasteiger partial charge in [0.15, 0.2) is 0 Å². The van der Waals surface area contributed by atoms with Gasteiger partial charge in [-0.3, -0.25) is 0 Å². The topological polar surface area (TPSA) is 21.3 Å². The maximum Gasteiger partial charge on any atom is 0.0576 e. The number of hydrogen-bond acceptors (Lipinski definition) is 2. The van der Waals surface area contributed by atoms with Crippen molar-refractivity contribution in [2.45, 2.75) is 44.2 Å². The highest BCUT2D eigenvalue weighted by Gasteiger charge is 2.18. The van der Waals surface area contributed by atoms with Crippen LogP contribution in [-0.4, -0.2) is 25.8 Å². The summed E-state index contributed by atoms with van der Waals surface area (Å²) in [4.78, 5) is 0. The van der Waals surface area contributed by atoms with Gasteiger partial charge < -0.3 is 10.1 Å². The molecule has 2 unspecified atom stereocenters. The van der Waals surface area contributed by atoms with E-state index in [-0.39, 0.29) is 0 Å². The van der Waals surface area contributed by atoms with E-state index in [4.69, 9.17) is 16.3 Å². The monoisotopic (exact) mass is 345 g/mol. The maximum atomic E-state index is 6.28. The zero-order chi connectivity index (χ0) is 13.7. The second kappa shape index (κ2) is 7.63. The summed E-state index contributed by atoms with van der Waals surface area (Å²) in [7, 11) is 2.02. The van der Waals surface area contributed by atoms with Gasteiger partial charge in [-0.2, -0.15) is 0 Å². The van der Waals surface area contributed by atoms with Crippen molar-refractivity contribution in [2.75, 3.05) is 13.7 Å². The molecule has 1 saturated heterocycles. The van der Waals surface area contributed by atoms with Crippen molar-refractivity contribution in [3.63, 3.8) is 0 Å². The van der Waals surface area contributed by atoms with E-state index < -0.39 is 0 Å². The molecule has 0 aromatic heterocycles. The van der Waals surface area contributed by atoms with E-state index in [2.05, 4.69) is 27.3 Å². The first-order chi connectivity index (χ1) is 9.19. The van der Waals surface area contributed by atoms with Crippen LogP contribution in [0.2, 0.25) is 5.02 Å². The Morgan fingerprint density at radius 1 is 1.53 bits per heavy atom. The molecule has 106 valence electrons. The summed E-state index contributed by atoms with van der Waals surface area (Å²) in [5.74, 6) is 0. The van der Waals surface area contributed by atoms with Gasteiger partial charge in [0.25, 0.3) is 0 Å². The van der Waals surface area contributed by atoms with Crippen molar-refractivity contribution in [1.29, 1.82) is 0 Å². The third-order valence-electron chi connectivity index (χ3n) is 3.75. The summed E-state index contributed by atoms with van der Waals surface area (Å²) in [5, 5.41) is 4.23. The molecule has 1 fully saturated rings. The van der Waals surface area contributed by atoms with E-state index >= 15 is 0 Å². The third kappa shape index (κ3) is 4.75. The van der Waals surface area contributed by atoms with Crippen LogP contribution in [0.1, 0.15) is 31.2 Å². The first kappa shape index (κ1) is 15.3. The number of halogens is 2. The molecule has 0 radical (unpaired) electrons. The molecule has 0 spiro atoms. The van der Waals surface area contributed by atoms with Crippen LogP contribution >= 0.6 is 27.5 Å². The van der Waals surface area contributed by atoms with Gasteiger partial charge in [0.05, 0.1) is 6.10 Å². The molecule has 0 saturated carbocycles. The minimum absolute atomic E-state index is 0.461. The Bertz CT molecular complexity index is 407. The lowest BCUT2D eigenvalue weighted by Gasteiger charge is -2.19. The lowest BCUT2D eigenvalue weighted by atomic mass is 9.99. The lowest BCUT2D eigenvalue weighted by molar-refractivity contribution is 0.0998. The normalized spacial score (nSPS) is 20.7. The highest BCUT2D eigenvalue weighted by molar-refractivity contribution is 9.10. The summed E-state index contributed by atoms with van der Waals surface area (Å²) in [5.41, 5.74) is 1.21. The fourth-order valence-electron chi connectivity index (χ4n) is 2.56. The molecular weight excluding hydrogens is 326 g/mol. The summed E-state index contributed by atoms with van der Waals surface area (Å²) < 4.78 is 6.71. The quantitative estimate of drug-likeness (QED) is 0.834. The van der Waals surface area contributed by atoms with Gasteiger partial charge in [0.1, 0.15) is 0 Å². The largest absolute Gasteiger partial charge is 0.378 e. The molecule has 1 aliphatic rings. The van der Waals surface area contributed by atoms with Crippen LogP contribution < -0.4 is 5.32 Å². The summed E-state index contributed by atoms with van der Waals surface area (Å²) >= 11 is 9.71. The molecule has 1 aliphatic heterocycles. The zero-order valence-electron chi connectivity index (χ0n) is 11.3. The van der Waals surface area contributed by atoms with Crippen LogP contribution in [-0.2, 0) is 11.2 Å². The Kier molecular flexibility index (Phi) is 6.14. The van der Waals surface area contributed by atoms with Gasteiger partial charge in [-0.25, -0.2) is 0 Å². The number of ether oxygens (including phenoxy) is 1. The number of rotatable bonds is 6. The van der Waals surface area contributed by atoms with Crippen molar-refractivity contribution in [3.8, 4) is 0 Å². The summed E-state index contributed by atoms with van der Waals surface area (Å²) in [6, 6.07) is 6.57. The summed E-state index contributed by atoms with van der Waals surface area (Å²) in [6.45, 7) is 0.938. The van der Waals surface area contributed by atoms with Crippen LogP contribution in [0, 0.1) is 0 Å². The molecular formula is C15H21BrClNO. The Hall–Kier alpha value is -0.0900. The van der Waals surface area contributed by atoms with Gasteiger partial charge in [-0.1, -0.05) is 33.6 Å². The van der Waals surface area contributed by atoms with Crippen LogP contribution in [0.25, 0.3) is 0 Å². The molecule has 1 heterocycles. The molecule has 0 amide bonds. The number of hydrogen-bond donors (Lipinski definition) is 1. The molecule has 2 atom stereocenters. The van der Waals surface area contributed by atoms with Crippen molar-refractivity contribution >= 4 is 27.5 Å². The molecule has 4 heteroatoms. The fourth-order valence-corrected chi connectivity index (χ4v) is 3.31. The van der Waals surface area contributed by atoms with Crippen LogP contribution in [0.15, 0.2) is 22.7 Å².